The van der Waals surface area contributed by atoms with Crippen LogP contribution in [0.1, 0.15) is 22.8 Å². The van der Waals surface area contributed by atoms with Crippen molar-refractivity contribution in [2.75, 3.05) is 7.05 Å². The van der Waals surface area contributed by atoms with E-state index in [2.05, 4.69) is 0 Å². The van der Waals surface area contributed by atoms with Gasteiger partial charge in [0.1, 0.15) is 12.4 Å². The Bertz CT molecular complexity index is 708. The van der Waals surface area contributed by atoms with Crippen LogP contribution in [0.25, 0.3) is 0 Å². The number of carbonyl (C=O) groups excluding carboxylic acids is 2. The highest BCUT2D eigenvalue weighted by Gasteiger charge is 2.04. The topological polar surface area (TPSA) is 55.8 Å². The van der Waals surface area contributed by atoms with E-state index in [-0.39, 0.29) is 5.78 Å². The summed E-state index contributed by atoms with van der Waals surface area (Å²) in [7, 11) is 1.53. The molecule has 0 spiro atoms. The predicted molar refractivity (Wildman–Crippen MR) is 90.2 cm³/mol. The van der Waals surface area contributed by atoms with Gasteiger partial charge in [0.05, 0.1) is 0 Å². The number of benzene rings is 2. The number of hydrogen-bond donors (Lipinski definition) is 0. The molecule has 2 rings (SSSR count). The lowest BCUT2D eigenvalue weighted by Crippen LogP contribution is -2.15. The van der Waals surface area contributed by atoms with Crippen molar-refractivity contribution < 1.29 is 19.2 Å². The van der Waals surface area contributed by atoms with Crippen LogP contribution >= 0.6 is 0 Å². The molecule has 0 saturated carbocycles. The Labute approximate surface area is 141 Å². The van der Waals surface area contributed by atoms with Gasteiger partial charge in [0.2, 0.25) is 0 Å². The first kappa shape index (κ1) is 17.3. The van der Waals surface area contributed by atoms with E-state index in [1.807, 2.05) is 30.3 Å². The molecule has 5 nitrogen and oxygen atoms in total. The van der Waals surface area contributed by atoms with Gasteiger partial charge < -0.3 is 9.57 Å². The van der Waals surface area contributed by atoms with Crippen LogP contribution in [0.3, 0.4) is 0 Å². The summed E-state index contributed by atoms with van der Waals surface area (Å²) in [5, 5.41) is 1.18. The molecule has 2 aromatic rings. The second-order valence-corrected chi connectivity index (χ2v) is 5.11. The lowest BCUT2D eigenvalue weighted by atomic mass is 10.1. The second-order valence-electron chi connectivity index (χ2n) is 5.11. The molecule has 2 aromatic carbocycles. The fourth-order valence-electron chi connectivity index (χ4n) is 1.96. The maximum absolute atomic E-state index is 12.0. The summed E-state index contributed by atoms with van der Waals surface area (Å²) >= 11 is 0. The Morgan fingerprint density at radius 1 is 1.04 bits per heavy atom. The summed E-state index contributed by atoms with van der Waals surface area (Å²) in [6.07, 6.45) is 2.73. The minimum Gasteiger partial charge on any atom is -0.489 e. The van der Waals surface area contributed by atoms with Crippen molar-refractivity contribution in [1.29, 1.82) is 0 Å². The Morgan fingerprint density at radius 3 is 2.33 bits per heavy atom. The molecule has 0 amide bonds. The van der Waals surface area contributed by atoms with Gasteiger partial charge in [-0.3, -0.25) is 9.59 Å². The van der Waals surface area contributed by atoms with E-state index < -0.39 is 5.97 Å². The highest BCUT2D eigenvalue weighted by atomic mass is 16.7. The van der Waals surface area contributed by atoms with Gasteiger partial charge in [0.15, 0.2) is 5.78 Å². The highest BCUT2D eigenvalue weighted by molar-refractivity contribution is 6.04. The third kappa shape index (κ3) is 5.61. The van der Waals surface area contributed by atoms with Crippen LogP contribution in [0.15, 0.2) is 66.9 Å². The molecular formula is C19H19NO4. The first-order valence-electron chi connectivity index (χ1n) is 7.45. The van der Waals surface area contributed by atoms with Crippen LogP contribution in [-0.2, 0) is 16.2 Å². The molecule has 5 heteroatoms. The maximum atomic E-state index is 12.0. The average Bonchev–Trinajstić information content (AvgIpc) is 2.58. The van der Waals surface area contributed by atoms with Gasteiger partial charge in [0, 0.05) is 31.8 Å². The van der Waals surface area contributed by atoms with Crippen LogP contribution in [0.2, 0.25) is 0 Å². The highest BCUT2D eigenvalue weighted by Crippen LogP contribution is 2.15. The zero-order chi connectivity index (χ0) is 17.4. The van der Waals surface area contributed by atoms with Crippen molar-refractivity contribution in [3.05, 3.63) is 78.0 Å². The van der Waals surface area contributed by atoms with Crippen molar-refractivity contribution in [1.82, 2.24) is 5.06 Å². The van der Waals surface area contributed by atoms with Gasteiger partial charge in [-0.05, 0) is 29.8 Å². The Balaban J connectivity index is 1.90. The van der Waals surface area contributed by atoms with Crippen LogP contribution in [0.5, 0.6) is 5.75 Å². The summed E-state index contributed by atoms with van der Waals surface area (Å²) in [5.74, 6) is 0.0505. The second kappa shape index (κ2) is 8.53. The van der Waals surface area contributed by atoms with Crippen molar-refractivity contribution in [3.8, 4) is 5.75 Å². The lowest BCUT2D eigenvalue weighted by Gasteiger charge is -2.11. The summed E-state index contributed by atoms with van der Waals surface area (Å²) in [5.41, 5.74) is 1.60. The molecule has 24 heavy (non-hydrogen) atoms. The number of carbonyl (C=O) groups is 2. The quantitative estimate of drug-likeness (QED) is 0.444. The number of allylic oxidation sites excluding steroid dienone is 1. The molecule has 0 aliphatic rings. The standard InChI is InChI=1S/C19H19NO4/c1-15(21)24-20(2)13-12-19(22)17-8-10-18(11-9-17)23-14-16-6-4-3-5-7-16/h3-13H,14H2,1-2H3. The molecule has 0 aliphatic heterocycles. The van der Waals surface area contributed by atoms with Gasteiger partial charge in [-0.2, -0.15) is 0 Å². The molecule has 0 N–H and O–H groups in total. The SMILES string of the molecule is CC(=O)ON(C)C=CC(=O)c1ccc(OCc2ccccc2)cc1. The number of ketones is 1. The third-order valence-electron chi connectivity index (χ3n) is 3.10. The smallest absolute Gasteiger partial charge is 0.329 e. The fraction of sp³-hybridized carbons (Fsp3) is 0.158. The largest absolute Gasteiger partial charge is 0.489 e. The van der Waals surface area contributed by atoms with E-state index in [1.165, 1.54) is 31.3 Å². The van der Waals surface area contributed by atoms with Crippen LogP contribution in [0.4, 0.5) is 0 Å². The van der Waals surface area contributed by atoms with E-state index in [1.54, 1.807) is 24.3 Å². The minimum atomic E-state index is -0.450. The fourth-order valence-corrected chi connectivity index (χ4v) is 1.96. The van der Waals surface area contributed by atoms with Crippen LogP contribution in [0, 0.1) is 0 Å². The zero-order valence-electron chi connectivity index (χ0n) is 13.6. The maximum Gasteiger partial charge on any atom is 0.329 e. The molecule has 0 radical (unpaired) electrons. The first-order valence-corrected chi connectivity index (χ1v) is 7.45. The lowest BCUT2D eigenvalue weighted by molar-refractivity contribution is -0.170. The van der Waals surface area contributed by atoms with Gasteiger partial charge in [-0.15, -0.1) is 0 Å². The molecule has 0 aromatic heterocycles. The van der Waals surface area contributed by atoms with Gasteiger partial charge >= 0.3 is 5.97 Å². The van der Waals surface area contributed by atoms with Gasteiger partial charge in [-0.1, -0.05) is 30.3 Å². The predicted octanol–water partition coefficient (Wildman–Crippen LogP) is 3.37. The van der Waals surface area contributed by atoms with E-state index in [4.69, 9.17) is 9.57 Å². The molecule has 0 saturated heterocycles. The van der Waals surface area contributed by atoms with E-state index >= 15 is 0 Å². The third-order valence-corrected chi connectivity index (χ3v) is 3.10. The molecule has 0 unspecified atom stereocenters. The average molecular weight is 325 g/mol. The number of nitrogens with zero attached hydrogens (tertiary/aromatic N) is 1. The van der Waals surface area contributed by atoms with Crippen LogP contribution in [-0.4, -0.2) is 23.9 Å². The summed E-state index contributed by atoms with van der Waals surface area (Å²) in [4.78, 5) is 27.6. The number of rotatable bonds is 7. The Hall–Kier alpha value is -3.08. The normalized spacial score (nSPS) is 10.4. The Morgan fingerprint density at radius 2 is 1.71 bits per heavy atom. The Kier molecular flexibility index (Phi) is 6.14. The van der Waals surface area contributed by atoms with Gasteiger partial charge in [-0.25, -0.2) is 5.06 Å². The number of hydrogen-bond acceptors (Lipinski definition) is 5. The molecule has 0 atom stereocenters. The van der Waals surface area contributed by atoms with E-state index in [9.17, 15) is 9.59 Å². The molecule has 124 valence electrons. The number of hydroxylamine groups is 2. The molecular weight excluding hydrogens is 306 g/mol. The first-order chi connectivity index (χ1) is 11.5. The zero-order valence-corrected chi connectivity index (χ0v) is 13.6. The molecule has 0 bridgehead atoms. The van der Waals surface area contributed by atoms with E-state index in [0.717, 1.165) is 5.56 Å². The number of ether oxygens (including phenoxy) is 1. The monoisotopic (exact) mass is 325 g/mol. The van der Waals surface area contributed by atoms with Crippen molar-refractivity contribution in [2.24, 2.45) is 0 Å². The van der Waals surface area contributed by atoms with Crippen molar-refractivity contribution >= 4 is 11.8 Å². The van der Waals surface area contributed by atoms with Gasteiger partial charge in [0.25, 0.3) is 0 Å². The molecule has 0 heterocycles. The molecule has 0 fully saturated rings. The van der Waals surface area contributed by atoms with Crippen molar-refractivity contribution in [2.45, 2.75) is 13.5 Å². The van der Waals surface area contributed by atoms with Crippen LogP contribution < -0.4 is 4.74 Å². The molecule has 0 aliphatic carbocycles. The summed E-state index contributed by atoms with van der Waals surface area (Å²) in [6, 6.07) is 16.7. The minimum absolute atomic E-state index is 0.191. The summed E-state index contributed by atoms with van der Waals surface area (Å²) in [6.45, 7) is 1.77. The summed E-state index contributed by atoms with van der Waals surface area (Å²) < 4.78 is 5.67. The van der Waals surface area contributed by atoms with E-state index in [0.29, 0.717) is 17.9 Å². The van der Waals surface area contributed by atoms with Crippen molar-refractivity contribution in [3.63, 3.8) is 0 Å².